The minimum atomic E-state index is -0.868. The summed E-state index contributed by atoms with van der Waals surface area (Å²) in [7, 11) is 0. The van der Waals surface area contributed by atoms with Crippen LogP contribution in [0.3, 0.4) is 0 Å². The Bertz CT molecular complexity index is 1090. The van der Waals surface area contributed by atoms with Crippen LogP contribution in [0, 0.1) is 0 Å². The van der Waals surface area contributed by atoms with Gasteiger partial charge in [-0.15, -0.1) is 0 Å². The van der Waals surface area contributed by atoms with Gasteiger partial charge in [-0.1, -0.05) is 81.2 Å². The second-order valence-corrected chi connectivity index (χ2v) is 14.3. The molecule has 2 fully saturated rings. The number of hydrogen-bond donors (Lipinski definition) is 4. The zero-order chi connectivity index (χ0) is 36.1. The van der Waals surface area contributed by atoms with Crippen LogP contribution in [-0.4, -0.2) is 77.9 Å². The molecular weight excluding hydrogens is 655 g/mol. The molecule has 0 aromatic rings. The van der Waals surface area contributed by atoms with Crippen molar-refractivity contribution < 1.29 is 33.8 Å². The number of aliphatic hydroxyl groups excluding tert-OH is 1. The lowest BCUT2D eigenvalue weighted by Crippen LogP contribution is -2.36. The van der Waals surface area contributed by atoms with Crippen molar-refractivity contribution in [3.8, 4) is 0 Å². The van der Waals surface area contributed by atoms with Gasteiger partial charge in [-0.2, -0.15) is 11.8 Å². The number of urea groups is 1. The fourth-order valence-electron chi connectivity index (χ4n) is 5.71. The van der Waals surface area contributed by atoms with E-state index in [2.05, 4.69) is 71.5 Å². The number of allylic oxidation sites excluding steroid dienone is 8. The predicted molar refractivity (Wildman–Crippen MR) is 202 cm³/mol. The maximum Gasteiger partial charge on any atom is 0.315 e. The number of aliphatic hydroxyl groups is 1. The number of amides is 3. The third-order valence-corrected chi connectivity index (χ3v) is 10.1. The van der Waals surface area contributed by atoms with Crippen LogP contribution in [0.25, 0.3) is 0 Å². The first-order chi connectivity index (χ1) is 24.4. The molecule has 2 rings (SSSR count). The summed E-state index contributed by atoms with van der Waals surface area (Å²) < 4.78 is 10.5. The summed E-state index contributed by atoms with van der Waals surface area (Å²) in [4.78, 5) is 47.9. The molecule has 2 aliphatic rings. The molecule has 10 nitrogen and oxygen atoms in total. The lowest BCUT2D eigenvalue weighted by atomic mass is 10.0. The van der Waals surface area contributed by atoms with Crippen molar-refractivity contribution in [2.75, 3.05) is 25.5 Å². The first-order valence-electron chi connectivity index (χ1n) is 18.9. The maximum absolute atomic E-state index is 12.1. The fraction of sp³-hybridized carbons (Fsp3) is 0.692. The van der Waals surface area contributed by atoms with E-state index >= 15 is 0 Å². The second kappa shape index (κ2) is 28.6. The highest BCUT2D eigenvalue weighted by Crippen LogP contribution is 2.33. The van der Waals surface area contributed by atoms with Crippen LogP contribution in [-0.2, 0) is 23.9 Å². The van der Waals surface area contributed by atoms with E-state index in [0.717, 1.165) is 63.5 Å². The van der Waals surface area contributed by atoms with Crippen LogP contribution in [0.2, 0.25) is 0 Å². The zero-order valence-corrected chi connectivity index (χ0v) is 31.1. The summed E-state index contributed by atoms with van der Waals surface area (Å²) in [5, 5.41) is 18.8. The molecule has 1 unspecified atom stereocenters. The van der Waals surface area contributed by atoms with Crippen molar-refractivity contribution in [2.45, 2.75) is 146 Å². The Balaban J connectivity index is 1.38. The smallest absolute Gasteiger partial charge is 0.315 e. The van der Waals surface area contributed by atoms with Gasteiger partial charge in [-0.25, -0.2) is 4.79 Å². The molecule has 0 bridgehead atoms. The summed E-state index contributed by atoms with van der Waals surface area (Å²) >= 11 is 1.89. The van der Waals surface area contributed by atoms with Crippen LogP contribution in [0.4, 0.5) is 4.79 Å². The highest BCUT2D eigenvalue weighted by atomic mass is 32.2. The van der Waals surface area contributed by atoms with E-state index in [-0.39, 0.29) is 43.5 Å². The zero-order valence-electron chi connectivity index (χ0n) is 30.3. The Morgan fingerprint density at radius 2 is 1.48 bits per heavy atom. The Morgan fingerprint density at radius 1 is 0.820 bits per heavy atom. The summed E-state index contributed by atoms with van der Waals surface area (Å²) in [6, 6.07) is 0.359. The molecule has 0 saturated carbocycles. The summed E-state index contributed by atoms with van der Waals surface area (Å²) in [5.74, 6) is 0.168. The van der Waals surface area contributed by atoms with E-state index in [9.17, 15) is 24.3 Å². The van der Waals surface area contributed by atoms with E-state index in [4.69, 9.17) is 9.47 Å². The van der Waals surface area contributed by atoms with Gasteiger partial charge in [0.1, 0.15) is 6.61 Å². The van der Waals surface area contributed by atoms with E-state index in [1.165, 1.54) is 25.7 Å². The van der Waals surface area contributed by atoms with Crippen molar-refractivity contribution in [1.29, 1.82) is 0 Å². The largest absolute Gasteiger partial charge is 0.462 e. The van der Waals surface area contributed by atoms with Crippen molar-refractivity contribution in [2.24, 2.45) is 0 Å². The van der Waals surface area contributed by atoms with E-state index in [1.807, 2.05) is 11.8 Å². The molecule has 3 amide bonds. The van der Waals surface area contributed by atoms with Crippen molar-refractivity contribution in [3.05, 3.63) is 48.6 Å². The molecular formula is C39H63N3O7S. The van der Waals surface area contributed by atoms with E-state index < -0.39 is 24.6 Å². The van der Waals surface area contributed by atoms with Crippen LogP contribution < -0.4 is 16.0 Å². The van der Waals surface area contributed by atoms with Gasteiger partial charge < -0.3 is 30.5 Å². The number of fused-ring (bicyclic) bond motifs is 1. The molecule has 282 valence electrons. The summed E-state index contributed by atoms with van der Waals surface area (Å²) in [6.45, 7) is 2.21. The molecule has 2 saturated heterocycles. The van der Waals surface area contributed by atoms with Crippen molar-refractivity contribution in [1.82, 2.24) is 16.0 Å². The molecule has 4 N–H and O–H groups in total. The normalized spacial score (nSPS) is 19.3. The Kier molecular flexibility index (Phi) is 24.7. The third kappa shape index (κ3) is 21.2. The number of hydrogen-bond acceptors (Lipinski definition) is 8. The van der Waals surface area contributed by atoms with Crippen LogP contribution in [0.5, 0.6) is 0 Å². The number of carbonyl (C=O) groups is 4. The molecule has 0 aliphatic carbocycles. The van der Waals surface area contributed by atoms with Crippen LogP contribution in [0.1, 0.15) is 122 Å². The number of carbonyl (C=O) groups excluding carboxylic acids is 4. The molecule has 2 aliphatic heterocycles. The molecule has 0 aromatic carbocycles. The topological polar surface area (TPSA) is 143 Å². The van der Waals surface area contributed by atoms with Crippen molar-refractivity contribution >= 4 is 35.6 Å². The van der Waals surface area contributed by atoms with Gasteiger partial charge in [-0.05, 0) is 70.6 Å². The lowest BCUT2D eigenvalue weighted by molar-refractivity contribution is -0.161. The average Bonchev–Trinajstić information content (AvgIpc) is 3.66. The molecule has 0 aromatic heterocycles. The molecule has 0 spiro atoms. The first-order valence-corrected chi connectivity index (χ1v) is 20.0. The molecule has 0 radical (unpaired) electrons. The van der Waals surface area contributed by atoms with Gasteiger partial charge in [0, 0.05) is 36.8 Å². The van der Waals surface area contributed by atoms with Gasteiger partial charge in [0.25, 0.3) is 0 Å². The summed E-state index contributed by atoms with van der Waals surface area (Å²) in [5.41, 5.74) is 0. The number of ether oxygens (including phenoxy) is 2. The first kappa shape index (κ1) is 43.1. The lowest BCUT2D eigenvalue weighted by Gasteiger charge is -2.16. The minimum Gasteiger partial charge on any atom is -0.462 e. The van der Waals surface area contributed by atoms with E-state index in [0.29, 0.717) is 31.1 Å². The Hall–Kier alpha value is -3.05. The number of esters is 2. The fourth-order valence-corrected chi connectivity index (χ4v) is 7.26. The second-order valence-electron chi connectivity index (χ2n) is 13.0. The average molecular weight is 718 g/mol. The summed E-state index contributed by atoms with van der Waals surface area (Å²) in [6.07, 6.45) is 31.5. The van der Waals surface area contributed by atoms with Crippen LogP contribution >= 0.6 is 11.8 Å². The standard InChI is InChI=1S/C39H63N3O7S/c1-2-3-4-5-6-7-8-9-10-11-12-13-14-15-16-17-19-27-37(46)49-32(29-43)30-48-36(45)26-20-18-23-28-40-35(44)25-22-21-24-34-38-33(31-50-34)41-39(47)42-38/h6-7,9-10,12-13,15-16,32-34,38,43H,2-5,8,11,14,17-31H2,1H3,(H,40,44)(H2,41,42,47)/b7-6-,10-9-,13-12-,16-15-/t32?,33-,34-,38-/m0/s1. The predicted octanol–water partition coefficient (Wildman–Crippen LogP) is 6.98. The van der Waals surface area contributed by atoms with Crippen molar-refractivity contribution in [3.63, 3.8) is 0 Å². The Morgan fingerprint density at radius 3 is 2.18 bits per heavy atom. The van der Waals surface area contributed by atoms with Gasteiger partial charge in [0.2, 0.25) is 5.91 Å². The van der Waals surface area contributed by atoms with Gasteiger partial charge in [-0.3, -0.25) is 14.4 Å². The number of rotatable bonds is 29. The molecule has 11 heteroatoms. The quantitative estimate of drug-likeness (QED) is 0.0281. The maximum atomic E-state index is 12.1. The number of unbranched alkanes of at least 4 members (excludes halogenated alkanes) is 7. The van der Waals surface area contributed by atoms with Gasteiger partial charge in [0.15, 0.2) is 6.10 Å². The molecule has 4 atom stereocenters. The van der Waals surface area contributed by atoms with Gasteiger partial charge in [0.05, 0.1) is 18.7 Å². The third-order valence-electron chi connectivity index (χ3n) is 8.60. The SMILES string of the molecule is CCCCC/C=C\C/C=C\C/C=C\C/C=C\CCCC(=O)OC(CO)COC(=O)CCCCCNC(=O)CCCC[C@@H]1SC[C@@H]2NC(=O)N[C@@H]21. The number of thioether (sulfide) groups is 1. The minimum absolute atomic E-state index is 0.0391. The van der Waals surface area contributed by atoms with E-state index in [1.54, 1.807) is 0 Å². The van der Waals surface area contributed by atoms with Crippen LogP contribution in [0.15, 0.2) is 48.6 Å². The molecule has 2 heterocycles. The highest BCUT2D eigenvalue weighted by molar-refractivity contribution is 8.00. The highest BCUT2D eigenvalue weighted by Gasteiger charge is 2.42. The molecule has 50 heavy (non-hydrogen) atoms. The Labute approximate surface area is 304 Å². The number of nitrogens with one attached hydrogen (secondary N) is 3. The van der Waals surface area contributed by atoms with Gasteiger partial charge >= 0.3 is 18.0 Å². The monoisotopic (exact) mass is 717 g/mol.